The van der Waals surface area contributed by atoms with Crippen LogP contribution in [0.2, 0.25) is 0 Å². The van der Waals surface area contributed by atoms with Gasteiger partial charge in [0.25, 0.3) is 0 Å². The Balaban J connectivity index is 3.07. The molecule has 0 bridgehead atoms. The van der Waals surface area contributed by atoms with Gasteiger partial charge in [0.05, 0.1) is 6.61 Å². The number of esters is 1. The fraction of sp³-hybridized carbons (Fsp3) is 0.800. The van der Waals surface area contributed by atoms with Crippen molar-refractivity contribution in [2.45, 2.75) is 64.7 Å². The first-order valence-corrected chi connectivity index (χ1v) is 7.60. The number of carbonyl (C=O) groups excluding carboxylic acids is 1. The zero-order chi connectivity index (χ0) is 13.6. The van der Waals surface area contributed by atoms with Crippen molar-refractivity contribution in [2.75, 3.05) is 12.5 Å². The van der Waals surface area contributed by atoms with Crippen LogP contribution in [-0.4, -0.2) is 18.5 Å². The van der Waals surface area contributed by atoms with Gasteiger partial charge in [-0.2, -0.15) is 0 Å². The molecule has 0 spiro atoms. The van der Waals surface area contributed by atoms with Crippen molar-refractivity contribution >= 4 is 17.6 Å². The molecule has 106 valence electrons. The Morgan fingerprint density at radius 1 is 0.944 bits per heavy atom. The lowest BCUT2D eigenvalue weighted by Gasteiger charge is -2.04. The van der Waals surface area contributed by atoms with Crippen LogP contribution in [0.3, 0.4) is 0 Å². The Kier molecular flexibility index (Phi) is 12.6. The predicted octanol–water partition coefficient (Wildman–Crippen LogP) is 4.86. The molecule has 0 aromatic rings. The molecule has 0 aromatic heterocycles. The van der Waals surface area contributed by atoms with Crippen LogP contribution in [-0.2, 0) is 9.53 Å². The van der Waals surface area contributed by atoms with Crippen molar-refractivity contribution < 1.29 is 9.53 Å². The van der Waals surface area contributed by atoms with Crippen LogP contribution < -0.4 is 0 Å². The molecule has 2 nitrogen and oxygen atoms in total. The molecular formula is C15H27ClO2. The first-order valence-electron chi connectivity index (χ1n) is 7.07. The van der Waals surface area contributed by atoms with Crippen LogP contribution >= 0.6 is 11.6 Å². The minimum atomic E-state index is -0.269. The third-order valence-corrected chi connectivity index (χ3v) is 3.13. The molecule has 0 N–H and O–H groups in total. The molecule has 18 heavy (non-hydrogen) atoms. The summed E-state index contributed by atoms with van der Waals surface area (Å²) < 4.78 is 5.02. The third-order valence-electron chi connectivity index (χ3n) is 2.86. The van der Waals surface area contributed by atoms with E-state index in [-0.39, 0.29) is 5.97 Å². The lowest BCUT2D eigenvalue weighted by Crippen LogP contribution is -2.05. The molecule has 3 heteroatoms. The van der Waals surface area contributed by atoms with E-state index in [1.165, 1.54) is 38.5 Å². The maximum absolute atomic E-state index is 11.1. The standard InChI is InChI=1S/C15H27ClO2/c1-14(2)15(17)18-13-11-9-7-5-3-4-6-8-10-12-16/h1,3-13H2,2H3. The van der Waals surface area contributed by atoms with Gasteiger partial charge in [-0.05, 0) is 19.8 Å². The van der Waals surface area contributed by atoms with E-state index in [9.17, 15) is 4.79 Å². The summed E-state index contributed by atoms with van der Waals surface area (Å²) in [4.78, 5) is 11.1. The van der Waals surface area contributed by atoms with Crippen molar-refractivity contribution in [3.8, 4) is 0 Å². The molecular weight excluding hydrogens is 248 g/mol. The van der Waals surface area contributed by atoms with Gasteiger partial charge in [-0.25, -0.2) is 4.79 Å². The van der Waals surface area contributed by atoms with Crippen LogP contribution in [0.25, 0.3) is 0 Å². The second kappa shape index (κ2) is 12.9. The summed E-state index contributed by atoms with van der Waals surface area (Å²) in [5, 5.41) is 0. The number of unbranched alkanes of at least 4 members (excludes halogenated alkanes) is 8. The number of ether oxygens (including phenoxy) is 1. The summed E-state index contributed by atoms with van der Waals surface area (Å²) >= 11 is 5.61. The smallest absolute Gasteiger partial charge is 0.333 e. The molecule has 0 amide bonds. The van der Waals surface area contributed by atoms with E-state index in [1.54, 1.807) is 6.92 Å². The summed E-state index contributed by atoms with van der Waals surface area (Å²) in [6, 6.07) is 0. The molecule has 0 unspecified atom stereocenters. The van der Waals surface area contributed by atoms with E-state index >= 15 is 0 Å². The van der Waals surface area contributed by atoms with Gasteiger partial charge in [-0.15, -0.1) is 11.6 Å². The normalized spacial score (nSPS) is 10.3. The maximum atomic E-state index is 11.1. The first-order chi connectivity index (χ1) is 8.68. The molecule has 0 saturated carbocycles. The topological polar surface area (TPSA) is 26.3 Å². The van der Waals surface area contributed by atoms with Gasteiger partial charge >= 0.3 is 5.97 Å². The molecule has 0 radical (unpaired) electrons. The highest BCUT2D eigenvalue weighted by Crippen LogP contribution is 2.10. The number of hydrogen-bond donors (Lipinski definition) is 0. The fourth-order valence-corrected chi connectivity index (χ4v) is 1.91. The molecule has 0 aliphatic carbocycles. The van der Waals surface area contributed by atoms with Gasteiger partial charge in [0.2, 0.25) is 0 Å². The van der Waals surface area contributed by atoms with E-state index in [0.717, 1.165) is 25.1 Å². The van der Waals surface area contributed by atoms with Crippen LogP contribution in [0, 0.1) is 0 Å². The summed E-state index contributed by atoms with van der Waals surface area (Å²) in [6.45, 7) is 5.74. The summed E-state index contributed by atoms with van der Waals surface area (Å²) in [7, 11) is 0. The highest BCUT2D eigenvalue weighted by atomic mass is 35.5. The second-order valence-electron chi connectivity index (χ2n) is 4.79. The van der Waals surface area contributed by atoms with Crippen LogP contribution in [0.1, 0.15) is 64.7 Å². The van der Waals surface area contributed by atoms with Gasteiger partial charge in [-0.1, -0.05) is 51.5 Å². The number of halogens is 1. The molecule has 0 fully saturated rings. The van der Waals surface area contributed by atoms with Crippen molar-refractivity contribution in [2.24, 2.45) is 0 Å². The number of carbonyl (C=O) groups is 1. The molecule has 0 heterocycles. The van der Waals surface area contributed by atoms with Crippen molar-refractivity contribution in [1.82, 2.24) is 0 Å². The molecule has 0 aromatic carbocycles. The zero-order valence-corrected chi connectivity index (χ0v) is 12.4. The fourth-order valence-electron chi connectivity index (χ4n) is 1.72. The lowest BCUT2D eigenvalue weighted by molar-refractivity contribution is -0.139. The summed E-state index contributed by atoms with van der Waals surface area (Å²) in [6.07, 6.45) is 11.0. The van der Waals surface area contributed by atoms with Gasteiger partial charge in [0.15, 0.2) is 0 Å². The van der Waals surface area contributed by atoms with E-state index in [4.69, 9.17) is 16.3 Å². The number of rotatable bonds is 12. The van der Waals surface area contributed by atoms with Gasteiger partial charge in [0.1, 0.15) is 0 Å². The average molecular weight is 275 g/mol. The van der Waals surface area contributed by atoms with Gasteiger partial charge in [0, 0.05) is 11.5 Å². The monoisotopic (exact) mass is 274 g/mol. The van der Waals surface area contributed by atoms with Crippen LogP contribution in [0.5, 0.6) is 0 Å². The summed E-state index contributed by atoms with van der Waals surface area (Å²) in [5.74, 6) is 0.525. The number of alkyl halides is 1. The average Bonchev–Trinajstić information content (AvgIpc) is 2.35. The maximum Gasteiger partial charge on any atom is 0.333 e. The van der Waals surface area contributed by atoms with Gasteiger partial charge < -0.3 is 4.74 Å². The van der Waals surface area contributed by atoms with Crippen LogP contribution in [0.4, 0.5) is 0 Å². The van der Waals surface area contributed by atoms with E-state index in [1.807, 2.05) is 0 Å². The Morgan fingerprint density at radius 3 is 1.83 bits per heavy atom. The second-order valence-corrected chi connectivity index (χ2v) is 5.17. The van der Waals surface area contributed by atoms with Crippen molar-refractivity contribution in [3.63, 3.8) is 0 Å². The Bertz CT molecular complexity index is 227. The third kappa shape index (κ3) is 12.0. The van der Waals surface area contributed by atoms with E-state index in [0.29, 0.717) is 12.2 Å². The summed E-state index contributed by atoms with van der Waals surface area (Å²) in [5.41, 5.74) is 0.479. The molecule has 0 aliphatic rings. The van der Waals surface area contributed by atoms with E-state index < -0.39 is 0 Å². The highest BCUT2D eigenvalue weighted by molar-refractivity contribution is 6.17. The van der Waals surface area contributed by atoms with Gasteiger partial charge in [-0.3, -0.25) is 0 Å². The Morgan fingerprint density at radius 2 is 1.39 bits per heavy atom. The Hall–Kier alpha value is -0.500. The molecule has 0 rings (SSSR count). The SMILES string of the molecule is C=C(C)C(=O)OCCCCCCCCCCCCl. The number of hydrogen-bond acceptors (Lipinski definition) is 2. The largest absolute Gasteiger partial charge is 0.462 e. The molecule has 0 saturated heterocycles. The van der Waals surface area contributed by atoms with Crippen molar-refractivity contribution in [3.05, 3.63) is 12.2 Å². The van der Waals surface area contributed by atoms with Crippen molar-refractivity contribution in [1.29, 1.82) is 0 Å². The minimum Gasteiger partial charge on any atom is -0.462 e. The Labute approximate surface area is 117 Å². The van der Waals surface area contributed by atoms with E-state index in [2.05, 4.69) is 6.58 Å². The zero-order valence-electron chi connectivity index (χ0n) is 11.7. The lowest BCUT2D eigenvalue weighted by atomic mass is 10.1. The highest BCUT2D eigenvalue weighted by Gasteiger charge is 2.01. The van der Waals surface area contributed by atoms with Crippen LogP contribution in [0.15, 0.2) is 12.2 Å². The predicted molar refractivity (Wildman–Crippen MR) is 78.0 cm³/mol. The quantitative estimate of drug-likeness (QED) is 0.220. The molecule has 0 atom stereocenters. The minimum absolute atomic E-state index is 0.269. The molecule has 0 aliphatic heterocycles. The first kappa shape index (κ1) is 17.5.